The van der Waals surface area contributed by atoms with Crippen molar-refractivity contribution in [2.24, 2.45) is 0 Å². The van der Waals surface area contributed by atoms with Crippen molar-refractivity contribution in [3.8, 4) is 0 Å². The second-order valence-electron chi connectivity index (χ2n) is 8.22. The van der Waals surface area contributed by atoms with Gasteiger partial charge >= 0.3 is 0 Å². The van der Waals surface area contributed by atoms with Crippen molar-refractivity contribution in [3.63, 3.8) is 0 Å². The number of aromatic nitrogens is 1. The van der Waals surface area contributed by atoms with Gasteiger partial charge in [-0.1, -0.05) is 63.5 Å². The molecular formula is C19H25NSi2. The van der Waals surface area contributed by atoms with E-state index < -0.39 is 16.1 Å². The van der Waals surface area contributed by atoms with E-state index in [0.717, 1.165) is 0 Å². The van der Waals surface area contributed by atoms with E-state index >= 15 is 0 Å². The minimum absolute atomic E-state index is 1.39. The number of fused-ring (bicyclic) bond motifs is 2. The zero-order valence-corrected chi connectivity index (χ0v) is 16.5. The van der Waals surface area contributed by atoms with E-state index in [-0.39, 0.29) is 0 Å². The first-order chi connectivity index (χ1) is 10.2. The van der Waals surface area contributed by atoms with Crippen LogP contribution in [-0.4, -0.2) is 21.1 Å². The van der Waals surface area contributed by atoms with Gasteiger partial charge in [0.2, 0.25) is 0 Å². The van der Waals surface area contributed by atoms with E-state index in [1.54, 1.807) is 10.4 Å². The molecule has 114 valence electrons. The Kier molecular flexibility index (Phi) is 3.53. The lowest BCUT2D eigenvalue weighted by atomic mass is 10.0. The van der Waals surface area contributed by atoms with Crippen LogP contribution in [0, 0.1) is 0 Å². The largest absolute Gasteiger partial charge is 0.264 e. The number of nitrogens with zero attached hydrogens (tertiary/aromatic N) is 1. The third-order valence-electron chi connectivity index (χ3n) is 4.33. The summed E-state index contributed by atoms with van der Waals surface area (Å²) in [4.78, 5) is 4.45. The van der Waals surface area contributed by atoms with Crippen LogP contribution in [0.2, 0.25) is 39.3 Å². The van der Waals surface area contributed by atoms with Crippen molar-refractivity contribution >= 4 is 48.1 Å². The van der Waals surface area contributed by atoms with Crippen LogP contribution < -0.4 is 10.4 Å². The molecule has 0 unspecified atom stereocenters. The average molecular weight is 324 g/mol. The number of pyridine rings is 1. The van der Waals surface area contributed by atoms with E-state index in [0.29, 0.717) is 0 Å². The van der Waals surface area contributed by atoms with E-state index in [2.05, 4.69) is 80.8 Å². The molecule has 0 aliphatic heterocycles. The molecule has 0 N–H and O–H groups in total. The van der Waals surface area contributed by atoms with Gasteiger partial charge in [-0.25, -0.2) is 0 Å². The summed E-state index contributed by atoms with van der Waals surface area (Å²) in [5.41, 5.74) is 0. The van der Waals surface area contributed by atoms with Crippen molar-refractivity contribution in [1.82, 2.24) is 4.98 Å². The van der Waals surface area contributed by atoms with Crippen LogP contribution in [0.1, 0.15) is 0 Å². The van der Waals surface area contributed by atoms with Gasteiger partial charge in [-0.05, 0) is 38.0 Å². The molecule has 0 atom stereocenters. The smallest absolute Gasteiger partial charge is 0.0793 e. The normalized spacial score (nSPS) is 13.0. The number of rotatable bonds is 2. The molecule has 0 saturated heterocycles. The summed E-state index contributed by atoms with van der Waals surface area (Å²) >= 11 is 0. The minimum atomic E-state index is -1.47. The highest BCUT2D eigenvalue weighted by Gasteiger charge is 2.28. The van der Waals surface area contributed by atoms with Crippen LogP contribution in [-0.2, 0) is 0 Å². The zero-order chi connectivity index (χ0) is 16.1. The SMILES string of the molecule is C[Si](C)(C)c1c2ccccc2c([Si](C)(C)C)c2cnccc12. The minimum Gasteiger partial charge on any atom is -0.264 e. The molecule has 0 spiro atoms. The van der Waals surface area contributed by atoms with Gasteiger partial charge in [0.15, 0.2) is 0 Å². The Morgan fingerprint density at radius 2 is 1.09 bits per heavy atom. The molecule has 1 aromatic heterocycles. The van der Waals surface area contributed by atoms with Crippen LogP contribution >= 0.6 is 0 Å². The van der Waals surface area contributed by atoms with Crippen LogP contribution in [0.25, 0.3) is 21.5 Å². The molecule has 1 nitrogen and oxygen atoms in total. The van der Waals surface area contributed by atoms with E-state index in [4.69, 9.17) is 0 Å². The van der Waals surface area contributed by atoms with Gasteiger partial charge in [0, 0.05) is 12.4 Å². The first-order valence-electron chi connectivity index (χ1n) is 8.00. The fraction of sp³-hybridized carbons (Fsp3) is 0.316. The third kappa shape index (κ3) is 2.42. The Morgan fingerprint density at radius 1 is 0.636 bits per heavy atom. The summed E-state index contributed by atoms with van der Waals surface area (Å²) in [6, 6.07) is 11.2. The Bertz CT molecular complexity index is 726. The average Bonchev–Trinajstić information content (AvgIpc) is 2.41. The predicted octanol–water partition coefficient (Wildman–Crippen LogP) is 4.48. The fourth-order valence-corrected chi connectivity index (χ4v) is 7.72. The Balaban J connectivity index is 2.67. The third-order valence-corrected chi connectivity index (χ3v) is 8.40. The van der Waals surface area contributed by atoms with Crippen molar-refractivity contribution in [2.75, 3.05) is 0 Å². The van der Waals surface area contributed by atoms with Gasteiger partial charge in [0.05, 0.1) is 16.1 Å². The second kappa shape index (κ2) is 5.03. The molecule has 2 aromatic carbocycles. The van der Waals surface area contributed by atoms with E-state index in [1.807, 2.05) is 6.20 Å². The Labute approximate surface area is 135 Å². The summed E-state index contributed by atoms with van der Waals surface area (Å²) in [5, 5.41) is 8.90. The molecule has 1 heterocycles. The lowest BCUT2D eigenvalue weighted by molar-refractivity contribution is 1.37. The molecule has 0 aliphatic carbocycles. The van der Waals surface area contributed by atoms with Gasteiger partial charge in [-0.15, -0.1) is 0 Å². The number of hydrogen-bond donors (Lipinski definition) is 0. The summed E-state index contributed by atoms with van der Waals surface area (Å²) in [7, 11) is -2.93. The number of hydrogen-bond acceptors (Lipinski definition) is 1. The summed E-state index contributed by atoms with van der Waals surface area (Å²) in [6.07, 6.45) is 4.05. The first-order valence-corrected chi connectivity index (χ1v) is 15.0. The Morgan fingerprint density at radius 3 is 1.59 bits per heavy atom. The van der Waals surface area contributed by atoms with E-state index in [1.165, 1.54) is 21.5 Å². The fourth-order valence-electron chi connectivity index (χ4n) is 3.64. The maximum Gasteiger partial charge on any atom is 0.0793 e. The zero-order valence-electron chi connectivity index (χ0n) is 14.5. The van der Waals surface area contributed by atoms with Crippen molar-refractivity contribution in [3.05, 3.63) is 42.7 Å². The van der Waals surface area contributed by atoms with Gasteiger partial charge < -0.3 is 0 Å². The highest BCUT2D eigenvalue weighted by molar-refractivity contribution is 6.95. The quantitative estimate of drug-likeness (QED) is 0.500. The molecule has 3 heteroatoms. The van der Waals surface area contributed by atoms with Crippen LogP contribution in [0.4, 0.5) is 0 Å². The van der Waals surface area contributed by atoms with Gasteiger partial charge in [-0.2, -0.15) is 0 Å². The molecule has 0 amide bonds. The summed E-state index contributed by atoms with van der Waals surface area (Å²) < 4.78 is 0. The van der Waals surface area contributed by atoms with Crippen LogP contribution in [0.15, 0.2) is 42.7 Å². The van der Waals surface area contributed by atoms with Crippen LogP contribution in [0.5, 0.6) is 0 Å². The standard InChI is InChI=1S/C19H25NSi2/c1-21(2,3)18-14-9-7-8-10-15(14)19(22(4,5)6)17-13-20-12-11-16(17)18/h7-13H,1-6H3. The molecule has 3 rings (SSSR count). The molecule has 22 heavy (non-hydrogen) atoms. The molecule has 3 aromatic rings. The molecular weight excluding hydrogens is 298 g/mol. The molecule has 0 aliphatic rings. The molecule has 0 saturated carbocycles. The molecule has 0 radical (unpaired) electrons. The summed E-state index contributed by atoms with van der Waals surface area (Å²) in [5.74, 6) is 0. The monoisotopic (exact) mass is 323 g/mol. The van der Waals surface area contributed by atoms with Crippen molar-refractivity contribution in [1.29, 1.82) is 0 Å². The molecule has 0 fully saturated rings. The second-order valence-corrected chi connectivity index (χ2v) is 18.2. The van der Waals surface area contributed by atoms with Crippen molar-refractivity contribution < 1.29 is 0 Å². The van der Waals surface area contributed by atoms with Gasteiger partial charge in [-0.3, -0.25) is 4.98 Å². The topological polar surface area (TPSA) is 12.9 Å². The number of benzene rings is 2. The maximum atomic E-state index is 4.45. The lowest BCUT2D eigenvalue weighted by Gasteiger charge is -2.28. The molecule has 0 bridgehead atoms. The van der Waals surface area contributed by atoms with Gasteiger partial charge in [0.1, 0.15) is 0 Å². The van der Waals surface area contributed by atoms with Crippen molar-refractivity contribution in [2.45, 2.75) is 39.3 Å². The maximum absolute atomic E-state index is 4.45. The predicted molar refractivity (Wildman–Crippen MR) is 105 cm³/mol. The highest BCUT2D eigenvalue weighted by atomic mass is 28.3. The van der Waals surface area contributed by atoms with E-state index in [9.17, 15) is 0 Å². The highest BCUT2D eigenvalue weighted by Crippen LogP contribution is 2.25. The Hall–Kier alpha value is -1.46. The van der Waals surface area contributed by atoms with Crippen LogP contribution in [0.3, 0.4) is 0 Å². The lowest BCUT2D eigenvalue weighted by Crippen LogP contribution is -2.44. The summed E-state index contributed by atoms with van der Waals surface area (Å²) in [6.45, 7) is 14.7. The first kappa shape index (κ1) is 15.4. The van der Waals surface area contributed by atoms with Gasteiger partial charge in [0.25, 0.3) is 0 Å².